The second-order valence-electron chi connectivity index (χ2n) is 5.93. The standard InChI is InChI=1S/C17H26O3S/c1-4-5-6-7-12-21(19,20)16-10-8-15(9-11-16)17(18)13-14(2)3/h8-11,14H,4-7,12-13H2,1-3H3. The minimum atomic E-state index is -3.22. The lowest BCUT2D eigenvalue weighted by Crippen LogP contribution is -2.08. The number of sulfone groups is 1. The summed E-state index contributed by atoms with van der Waals surface area (Å²) in [7, 11) is -3.22. The number of rotatable bonds is 9. The molecule has 0 N–H and O–H groups in total. The first-order valence-electron chi connectivity index (χ1n) is 7.73. The van der Waals surface area contributed by atoms with Crippen molar-refractivity contribution in [2.45, 2.75) is 57.8 Å². The Kier molecular flexibility index (Phi) is 7.09. The van der Waals surface area contributed by atoms with Crippen LogP contribution in [0.25, 0.3) is 0 Å². The number of hydrogen-bond acceptors (Lipinski definition) is 3. The summed E-state index contributed by atoms with van der Waals surface area (Å²) in [5.74, 6) is 0.558. The zero-order chi connectivity index (χ0) is 15.9. The first-order chi connectivity index (χ1) is 9.86. The molecule has 0 fully saturated rings. The van der Waals surface area contributed by atoms with Crippen molar-refractivity contribution in [1.29, 1.82) is 0 Å². The molecule has 0 aromatic heterocycles. The molecular weight excluding hydrogens is 284 g/mol. The van der Waals surface area contributed by atoms with Crippen LogP contribution in [-0.4, -0.2) is 20.0 Å². The topological polar surface area (TPSA) is 51.2 Å². The predicted octanol–water partition coefficient (Wildman–Crippen LogP) is 4.27. The van der Waals surface area contributed by atoms with Gasteiger partial charge in [-0.3, -0.25) is 4.79 Å². The van der Waals surface area contributed by atoms with Gasteiger partial charge in [-0.05, 0) is 24.5 Å². The predicted molar refractivity (Wildman–Crippen MR) is 86.4 cm³/mol. The van der Waals surface area contributed by atoms with Crippen LogP contribution in [0, 0.1) is 5.92 Å². The lowest BCUT2D eigenvalue weighted by Gasteiger charge is -2.07. The number of unbranched alkanes of at least 4 members (excludes halogenated alkanes) is 3. The summed E-state index contributed by atoms with van der Waals surface area (Å²) in [6.45, 7) is 6.08. The van der Waals surface area contributed by atoms with E-state index < -0.39 is 9.84 Å². The zero-order valence-corrected chi connectivity index (χ0v) is 14.1. The van der Waals surface area contributed by atoms with E-state index in [-0.39, 0.29) is 11.5 Å². The third-order valence-electron chi connectivity index (χ3n) is 3.40. The monoisotopic (exact) mass is 310 g/mol. The van der Waals surface area contributed by atoms with Gasteiger partial charge in [0.25, 0.3) is 0 Å². The highest BCUT2D eigenvalue weighted by atomic mass is 32.2. The van der Waals surface area contributed by atoms with Crippen LogP contribution >= 0.6 is 0 Å². The molecule has 118 valence electrons. The summed E-state index contributed by atoms with van der Waals surface area (Å²) in [4.78, 5) is 12.2. The summed E-state index contributed by atoms with van der Waals surface area (Å²) in [5.41, 5.74) is 0.591. The van der Waals surface area contributed by atoms with Gasteiger partial charge in [0, 0.05) is 12.0 Å². The lowest BCUT2D eigenvalue weighted by molar-refractivity contribution is 0.0967. The molecule has 0 aliphatic carbocycles. The molecule has 3 nitrogen and oxygen atoms in total. The molecule has 0 aliphatic rings. The number of hydrogen-bond donors (Lipinski definition) is 0. The minimum Gasteiger partial charge on any atom is -0.294 e. The number of carbonyl (C=O) groups excluding carboxylic acids is 1. The fourth-order valence-electron chi connectivity index (χ4n) is 2.17. The Morgan fingerprint density at radius 2 is 1.67 bits per heavy atom. The molecule has 0 amide bonds. The van der Waals surface area contributed by atoms with E-state index in [1.54, 1.807) is 24.3 Å². The normalized spacial score (nSPS) is 11.8. The third kappa shape index (κ3) is 6.00. The van der Waals surface area contributed by atoms with Crippen LogP contribution in [0.15, 0.2) is 29.2 Å². The minimum absolute atomic E-state index is 0.0666. The van der Waals surface area contributed by atoms with Gasteiger partial charge in [0.1, 0.15) is 0 Å². The molecule has 1 aromatic rings. The molecule has 0 radical (unpaired) electrons. The summed E-state index contributed by atoms with van der Waals surface area (Å²) in [6.07, 6.45) is 4.29. The molecule has 0 saturated heterocycles. The van der Waals surface area contributed by atoms with Crippen LogP contribution in [0.4, 0.5) is 0 Å². The third-order valence-corrected chi connectivity index (χ3v) is 5.21. The van der Waals surface area contributed by atoms with E-state index in [4.69, 9.17) is 0 Å². The number of ketones is 1. The van der Waals surface area contributed by atoms with E-state index in [9.17, 15) is 13.2 Å². The quantitative estimate of drug-likeness (QED) is 0.505. The van der Waals surface area contributed by atoms with E-state index in [1.807, 2.05) is 13.8 Å². The highest BCUT2D eigenvalue weighted by molar-refractivity contribution is 7.91. The van der Waals surface area contributed by atoms with Crippen LogP contribution in [0.1, 0.15) is 63.2 Å². The van der Waals surface area contributed by atoms with Crippen molar-refractivity contribution in [2.75, 3.05) is 5.75 Å². The number of benzene rings is 1. The van der Waals surface area contributed by atoms with Crippen molar-refractivity contribution in [2.24, 2.45) is 5.92 Å². The first kappa shape index (κ1) is 17.9. The van der Waals surface area contributed by atoms with Crippen LogP contribution in [-0.2, 0) is 9.84 Å². The van der Waals surface area contributed by atoms with Crippen LogP contribution in [0.2, 0.25) is 0 Å². The average molecular weight is 310 g/mol. The van der Waals surface area contributed by atoms with Crippen molar-refractivity contribution < 1.29 is 13.2 Å². The fraction of sp³-hybridized carbons (Fsp3) is 0.588. The molecule has 1 rings (SSSR count). The maximum absolute atomic E-state index is 12.2. The van der Waals surface area contributed by atoms with Gasteiger partial charge in [-0.25, -0.2) is 8.42 Å². The van der Waals surface area contributed by atoms with Crippen molar-refractivity contribution in [1.82, 2.24) is 0 Å². The van der Waals surface area contributed by atoms with Crippen LogP contribution in [0.5, 0.6) is 0 Å². The molecular formula is C17H26O3S. The smallest absolute Gasteiger partial charge is 0.178 e. The van der Waals surface area contributed by atoms with E-state index in [2.05, 4.69) is 6.92 Å². The molecule has 0 saturated carbocycles. The second-order valence-corrected chi connectivity index (χ2v) is 8.03. The lowest BCUT2D eigenvalue weighted by atomic mass is 10.0. The van der Waals surface area contributed by atoms with E-state index in [1.165, 1.54) is 0 Å². The molecule has 0 spiro atoms. The van der Waals surface area contributed by atoms with Crippen molar-refractivity contribution in [3.63, 3.8) is 0 Å². The van der Waals surface area contributed by atoms with Gasteiger partial charge in [0.15, 0.2) is 15.6 Å². The number of Topliss-reactive ketones (excluding diaryl/α,β-unsaturated/α-hetero) is 1. The van der Waals surface area contributed by atoms with Crippen LogP contribution in [0.3, 0.4) is 0 Å². The van der Waals surface area contributed by atoms with Crippen molar-refractivity contribution in [3.05, 3.63) is 29.8 Å². The molecule has 0 atom stereocenters. The van der Waals surface area contributed by atoms with Gasteiger partial charge >= 0.3 is 0 Å². The van der Waals surface area contributed by atoms with Gasteiger partial charge in [0.2, 0.25) is 0 Å². The van der Waals surface area contributed by atoms with Gasteiger partial charge < -0.3 is 0 Å². The highest BCUT2D eigenvalue weighted by Gasteiger charge is 2.15. The summed E-state index contributed by atoms with van der Waals surface area (Å²) >= 11 is 0. The van der Waals surface area contributed by atoms with Crippen molar-refractivity contribution >= 4 is 15.6 Å². The molecule has 0 unspecified atom stereocenters. The zero-order valence-electron chi connectivity index (χ0n) is 13.3. The summed E-state index contributed by atoms with van der Waals surface area (Å²) in [5, 5.41) is 0. The van der Waals surface area contributed by atoms with E-state index in [0.29, 0.717) is 29.2 Å². The van der Waals surface area contributed by atoms with Crippen LogP contribution < -0.4 is 0 Å². The Morgan fingerprint density at radius 1 is 1.05 bits per heavy atom. The van der Waals surface area contributed by atoms with Crippen molar-refractivity contribution in [3.8, 4) is 0 Å². The largest absolute Gasteiger partial charge is 0.294 e. The number of carbonyl (C=O) groups is 1. The Hall–Kier alpha value is -1.16. The molecule has 4 heteroatoms. The van der Waals surface area contributed by atoms with E-state index in [0.717, 1.165) is 19.3 Å². The Bertz CT molecular complexity index is 542. The van der Waals surface area contributed by atoms with E-state index >= 15 is 0 Å². The summed E-state index contributed by atoms with van der Waals surface area (Å²) in [6, 6.07) is 6.37. The summed E-state index contributed by atoms with van der Waals surface area (Å²) < 4.78 is 24.3. The van der Waals surface area contributed by atoms with Gasteiger partial charge in [-0.2, -0.15) is 0 Å². The maximum Gasteiger partial charge on any atom is 0.178 e. The first-order valence-corrected chi connectivity index (χ1v) is 9.38. The Morgan fingerprint density at radius 3 is 2.19 bits per heavy atom. The Labute approximate surface area is 128 Å². The molecule has 0 heterocycles. The highest BCUT2D eigenvalue weighted by Crippen LogP contribution is 2.16. The van der Waals surface area contributed by atoms with Gasteiger partial charge in [0.05, 0.1) is 10.6 Å². The molecule has 0 bridgehead atoms. The Balaban J connectivity index is 2.70. The van der Waals surface area contributed by atoms with Gasteiger partial charge in [-0.15, -0.1) is 0 Å². The molecule has 1 aromatic carbocycles. The second kappa shape index (κ2) is 8.32. The fourth-order valence-corrected chi connectivity index (χ4v) is 3.54. The average Bonchev–Trinajstić information content (AvgIpc) is 2.43. The molecule has 0 aliphatic heterocycles. The molecule has 21 heavy (non-hydrogen) atoms. The SMILES string of the molecule is CCCCCCS(=O)(=O)c1ccc(C(=O)CC(C)C)cc1. The maximum atomic E-state index is 12.2. The van der Waals surface area contributed by atoms with Gasteiger partial charge in [-0.1, -0.05) is 52.2 Å².